The molecule has 0 unspecified atom stereocenters. The summed E-state index contributed by atoms with van der Waals surface area (Å²) in [6, 6.07) is 13.6. The van der Waals surface area contributed by atoms with E-state index >= 15 is 0 Å². The first-order valence-corrected chi connectivity index (χ1v) is 9.16. The summed E-state index contributed by atoms with van der Waals surface area (Å²) in [5, 5.41) is 6.16. The zero-order valence-corrected chi connectivity index (χ0v) is 15.5. The Hall–Kier alpha value is -2.57. The number of carbonyl (C=O) groups is 2. The monoisotopic (exact) mass is 388 g/mol. The van der Waals surface area contributed by atoms with Gasteiger partial charge < -0.3 is 20.1 Å². The third-order valence-corrected chi connectivity index (χ3v) is 4.38. The number of hydrogen-bond donors (Lipinski definition) is 2. The molecule has 2 N–H and O–H groups in total. The molecule has 1 atom stereocenters. The van der Waals surface area contributed by atoms with Crippen molar-refractivity contribution >= 4 is 29.1 Å². The van der Waals surface area contributed by atoms with Crippen molar-refractivity contribution in [3.05, 3.63) is 59.1 Å². The van der Waals surface area contributed by atoms with E-state index in [0.29, 0.717) is 28.6 Å². The Bertz CT molecular complexity index is 789. The van der Waals surface area contributed by atoms with Gasteiger partial charge in [-0.2, -0.15) is 0 Å². The zero-order chi connectivity index (χ0) is 19.1. The molecule has 2 aromatic carbocycles. The lowest BCUT2D eigenvalue weighted by Crippen LogP contribution is -2.32. The largest absolute Gasteiger partial charge is 0.483 e. The SMILES string of the molecule is O=C(COc1ccccc1C(=O)NC[C@H]1CCCO1)Nc1ccc(Cl)cc1. The van der Waals surface area contributed by atoms with Crippen LogP contribution in [0.15, 0.2) is 48.5 Å². The molecule has 0 saturated carbocycles. The molecule has 0 aromatic heterocycles. The van der Waals surface area contributed by atoms with Crippen LogP contribution in [-0.2, 0) is 9.53 Å². The van der Waals surface area contributed by atoms with Crippen LogP contribution in [0.1, 0.15) is 23.2 Å². The van der Waals surface area contributed by atoms with E-state index in [9.17, 15) is 9.59 Å². The Morgan fingerprint density at radius 3 is 2.67 bits per heavy atom. The molecule has 2 amide bonds. The van der Waals surface area contributed by atoms with E-state index in [-0.39, 0.29) is 24.5 Å². The molecule has 142 valence electrons. The van der Waals surface area contributed by atoms with Gasteiger partial charge in [0, 0.05) is 23.9 Å². The molecule has 2 aromatic rings. The van der Waals surface area contributed by atoms with Crippen LogP contribution in [0.2, 0.25) is 5.02 Å². The van der Waals surface area contributed by atoms with Crippen LogP contribution >= 0.6 is 11.6 Å². The molecule has 0 radical (unpaired) electrons. The Morgan fingerprint density at radius 1 is 1.15 bits per heavy atom. The van der Waals surface area contributed by atoms with Crippen LogP contribution in [0.3, 0.4) is 0 Å². The number of rotatable bonds is 7. The quantitative estimate of drug-likeness (QED) is 0.763. The molecule has 1 saturated heterocycles. The minimum atomic E-state index is -0.327. The maximum atomic E-state index is 12.4. The Labute approximate surface area is 162 Å². The van der Waals surface area contributed by atoms with Gasteiger partial charge in [0.05, 0.1) is 11.7 Å². The van der Waals surface area contributed by atoms with Crippen molar-refractivity contribution in [3.63, 3.8) is 0 Å². The highest BCUT2D eigenvalue weighted by atomic mass is 35.5. The Morgan fingerprint density at radius 2 is 1.93 bits per heavy atom. The van der Waals surface area contributed by atoms with Gasteiger partial charge in [0.25, 0.3) is 11.8 Å². The topological polar surface area (TPSA) is 76.7 Å². The summed E-state index contributed by atoms with van der Waals surface area (Å²) < 4.78 is 11.1. The molecular formula is C20H21ClN2O4. The van der Waals surface area contributed by atoms with Crippen molar-refractivity contribution in [3.8, 4) is 5.75 Å². The van der Waals surface area contributed by atoms with E-state index in [1.807, 2.05) is 0 Å². The average molecular weight is 389 g/mol. The van der Waals surface area contributed by atoms with E-state index in [1.165, 1.54) is 0 Å². The summed E-state index contributed by atoms with van der Waals surface area (Å²) in [5.74, 6) is -0.223. The molecule has 7 heteroatoms. The molecular weight excluding hydrogens is 368 g/mol. The third-order valence-electron chi connectivity index (χ3n) is 4.13. The molecule has 1 heterocycles. The first kappa shape index (κ1) is 19.2. The first-order valence-electron chi connectivity index (χ1n) is 8.79. The van der Waals surface area contributed by atoms with Gasteiger partial charge in [-0.25, -0.2) is 0 Å². The van der Waals surface area contributed by atoms with E-state index in [0.717, 1.165) is 19.4 Å². The number of hydrogen-bond acceptors (Lipinski definition) is 4. The molecule has 0 aliphatic carbocycles. The summed E-state index contributed by atoms with van der Waals surface area (Å²) >= 11 is 5.82. The first-order chi connectivity index (χ1) is 13.1. The lowest BCUT2D eigenvalue weighted by Gasteiger charge is -2.14. The van der Waals surface area contributed by atoms with Gasteiger partial charge in [-0.15, -0.1) is 0 Å². The normalized spacial score (nSPS) is 16.0. The van der Waals surface area contributed by atoms with Crippen LogP contribution in [0, 0.1) is 0 Å². The number of amides is 2. The fourth-order valence-electron chi connectivity index (χ4n) is 2.76. The zero-order valence-electron chi connectivity index (χ0n) is 14.7. The van der Waals surface area contributed by atoms with E-state index in [4.69, 9.17) is 21.1 Å². The summed E-state index contributed by atoms with van der Waals surface area (Å²) in [6.07, 6.45) is 2.03. The van der Waals surface area contributed by atoms with Gasteiger partial charge in [-0.3, -0.25) is 9.59 Å². The highest BCUT2D eigenvalue weighted by Crippen LogP contribution is 2.19. The standard InChI is InChI=1S/C20H21ClN2O4/c21-14-7-9-15(10-8-14)23-19(24)13-27-18-6-2-1-5-17(18)20(25)22-12-16-4-3-11-26-16/h1-2,5-10,16H,3-4,11-13H2,(H,22,25)(H,23,24)/t16-/m1/s1. The number of anilines is 1. The minimum Gasteiger partial charge on any atom is -0.483 e. The predicted molar refractivity (Wildman–Crippen MR) is 103 cm³/mol. The molecule has 0 bridgehead atoms. The second kappa shape index (κ2) is 9.39. The number of halogens is 1. The fourth-order valence-corrected chi connectivity index (χ4v) is 2.89. The average Bonchev–Trinajstić information content (AvgIpc) is 3.20. The smallest absolute Gasteiger partial charge is 0.262 e. The van der Waals surface area contributed by atoms with Crippen LogP contribution < -0.4 is 15.4 Å². The highest BCUT2D eigenvalue weighted by molar-refractivity contribution is 6.30. The van der Waals surface area contributed by atoms with Gasteiger partial charge in [0.15, 0.2) is 6.61 Å². The van der Waals surface area contributed by atoms with Crippen LogP contribution in [0.25, 0.3) is 0 Å². The summed E-state index contributed by atoms with van der Waals surface area (Å²) in [6.45, 7) is 0.992. The number of ether oxygens (including phenoxy) is 2. The highest BCUT2D eigenvalue weighted by Gasteiger charge is 2.18. The second-order valence-electron chi connectivity index (χ2n) is 6.18. The van der Waals surface area contributed by atoms with Crippen molar-refractivity contribution in [2.45, 2.75) is 18.9 Å². The second-order valence-corrected chi connectivity index (χ2v) is 6.62. The van der Waals surface area contributed by atoms with Crippen molar-refractivity contribution in [1.82, 2.24) is 5.32 Å². The molecule has 27 heavy (non-hydrogen) atoms. The molecule has 3 rings (SSSR count). The maximum absolute atomic E-state index is 12.4. The molecule has 0 spiro atoms. The summed E-state index contributed by atoms with van der Waals surface area (Å²) in [4.78, 5) is 24.5. The van der Waals surface area contributed by atoms with Gasteiger partial charge in [-0.05, 0) is 49.2 Å². The lowest BCUT2D eigenvalue weighted by atomic mass is 10.1. The van der Waals surface area contributed by atoms with Gasteiger partial charge in [0.1, 0.15) is 5.75 Å². The van der Waals surface area contributed by atoms with Crippen molar-refractivity contribution < 1.29 is 19.1 Å². The van der Waals surface area contributed by atoms with Crippen molar-refractivity contribution in [2.24, 2.45) is 0 Å². The number of nitrogens with one attached hydrogen (secondary N) is 2. The maximum Gasteiger partial charge on any atom is 0.262 e. The Balaban J connectivity index is 1.54. The number of benzene rings is 2. The van der Waals surface area contributed by atoms with Crippen molar-refractivity contribution in [2.75, 3.05) is 25.1 Å². The lowest BCUT2D eigenvalue weighted by molar-refractivity contribution is -0.118. The summed E-state index contributed by atoms with van der Waals surface area (Å²) in [5.41, 5.74) is 1.00. The molecule has 1 fully saturated rings. The minimum absolute atomic E-state index is 0.0622. The van der Waals surface area contributed by atoms with E-state index in [2.05, 4.69) is 10.6 Å². The van der Waals surface area contributed by atoms with Crippen molar-refractivity contribution in [1.29, 1.82) is 0 Å². The fraction of sp³-hybridized carbons (Fsp3) is 0.300. The van der Waals surface area contributed by atoms with Crippen LogP contribution in [0.4, 0.5) is 5.69 Å². The molecule has 1 aliphatic rings. The predicted octanol–water partition coefficient (Wildman–Crippen LogP) is 3.27. The van der Waals surface area contributed by atoms with Crippen LogP contribution in [0.5, 0.6) is 5.75 Å². The van der Waals surface area contributed by atoms with Gasteiger partial charge in [0.2, 0.25) is 0 Å². The molecule has 1 aliphatic heterocycles. The summed E-state index contributed by atoms with van der Waals surface area (Å²) in [7, 11) is 0. The third kappa shape index (κ3) is 5.70. The molecule has 6 nitrogen and oxygen atoms in total. The van der Waals surface area contributed by atoms with Gasteiger partial charge >= 0.3 is 0 Å². The number of para-hydroxylation sites is 1. The van der Waals surface area contributed by atoms with Crippen LogP contribution in [-0.4, -0.2) is 37.7 Å². The van der Waals surface area contributed by atoms with E-state index in [1.54, 1.807) is 48.5 Å². The van der Waals surface area contributed by atoms with Gasteiger partial charge in [-0.1, -0.05) is 23.7 Å². The number of carbonyl (C=O) groups excluding carboxylic acids is 2. The Kier molecular flexibility index (Phi) is 6.68. The van der Waals surface area contributed by atoms with E-state index < -0.39 is 0 Å².